The van der Waals surface area contributed by atoms with Crippen molar-refractivity contribution in [2.75, 3.05) is 13.7 Å². The van der Waals surface area contributed by atoms with Gasteiger partial charge in [0.15, 0.2) is 11.5 Å². The molecule has 0 aliphatic heterocycles. The van der Waals surface area contributed by atoms with Gasteiger partial charge in [0.2, 0.25) is 0 Å². The Kier molecular flexibility index (Phi) is 7.60. The Bertz CT molecular complexity index is 658. The molecule has 130 valence electrons. The van der Waals surface area contributed by atoms with Crippen molar-refractivity contribution < 1.29 is 9.47 Å². The van der Waals surface area contributed by atoms with Gasteiger partial charge >= 0.3 is 0 Å². The van der Waals surface area contributed by atoms with Gasteiger partial charge in [-0.1, -0.05) is 59.1 Å². The minimum absolute atomic E-state index is 0.526. The van der Waals surface area contributed by atoms with E-state index in [1.54, 1.807) is 7.11 Å². The van der Waals surface area contributed by atoms with Crippen molar-refractivity contribution in [2.45, 2.75) is 39.8 Å². The van der Waals surface area contributed by atoms with E-state index in [1.165, 1.54) is 24.0 Å². The zero-order valence-corrected chi connectivity index (χ0v) is 16.3. The fourth-order valence-corrected chi connectivity index (χ4v) is 2.94. The number of benzene rings is 2. The van der Waals surface area contributed by atoms with Crippen molar-refractivity contribution in [1.29, 1.82) is 0 Å². The monoisotopic (exact) mass is 391 g/mol. The van der Waals surface area contributed by atoms with E-state index in [2.05, 4.69) is 53.3 Å². The molecule has 2 rings (SSSR count). The van der Waals surface area contributed by atoms with Crippen LogP contribution in [0.4, 0.5) is 0 Å². The Labute approximate surface area is 153 Å². The normalized spacial score (nSPS) is 10.7. The van der Waals surface area contributed by atoms with Gasteiger partial charge in [-0.3, -0.25) is 0 Å². The molecular weight excluding hydrogens is 366 g/mol. The smallest absolute Gasteiger partial charge is 0.162 e. The third-order valence-electron chi connectivity index (χ3n) is 3.83. The topological polar surface area (TPSA) is 30.5 Å². The van der Waals surface area contributed by atoms with Crippen LogP contribution in [0.3, 0.4) is 0 Å². The lowest BCUT2D eigenvalue weighted by atomic mass is 10.1. The lowest BCUT2D eigenvalue weighted by Crippen LogP contribution is -2.15. The van der Waals surface area contributed by atoms with Gasteiger partial charge in [0.25, 0.3) is 0 Å². The number of unbranched alkanes of at least 4 members (excludes halogenated alkanes) is 1. The molecule has 2 aromatic rings. The summed E-state index contributed by atoms with van der Waals surface area (Å²) in [6.45, 7) is 6.65. The predicted molar refractivity (Wildman–Crippen MR) is 103 cm³/mol. The quantitative estimate of drug-likeness (QED) is 0.593. The summed E-state index contributed by atoms with van der Waals surface area (Å²) < 4.78 is 12.5. The predicted octanol–water partition coefficient (Wildman–Crippen LogP) is 5.23. The Morgan fingerprint density at radius 1 is 1.12 bits per heavy atom. The molecule has 0 heterocycles. The molecule has 0 aliphatic carbocycles. The van der Waals surface area contributed by atoms with Gasteiger partial charge in [0, 0.05) is 11.0 Å². The molecule has 0 amide bonds. The summed E-state index contributed by atoms with van der Waals surface area (Å²) >= 11 is 3.64. The summed E-state index contributed by atoms with van der Waals surface area (Å²) in [7, 11) is 1.68. The van der Waals surface area contributed by atoms with Gasteiger partial charge in [0.05, 0.1) is 7.11 Å². The molecule has 0 fully saturated rings. The van der Waals surface area contributed by atoms with Crippen molar-refractivity contribution in [3.63, 3.8) is 0 Å². The standard InChI is InChI=1S/C20H26BrNO2/c1-4-5-9-22-13-17-11-19(23-3)20(12-18(17)21)24-14-16-8-6-7-15(2)10-16/h6-8,10-12,22H,4-5,9,13-14H2,1-3H3. The summed E-state index contributed by atoms with van der Waals surface area (Å²) in [4.78, 5) is 0. The van der Waals surface area contributed by atoms with Crippen LogP contribution in [0.2, 0.25) is 0 Å². The first-order valence-corrected chi connectivity index (χ1v) is 9.18. The maximum Gasteiger partial charge on any atom is 0.162 e. The van der Waals surface area contributed by atoms with Crippen LogP contribution < -0.4 is 14.8 Å². The average molecular weight is 392 g/mol. The third-order valence-corrected chi connectivity index (χ3v) is 4.57. The first kappa shape index (κ1) is 18.8. The van der Waals surface area contributed by atoms with Crippen LogP contribution in [0, 0.1) is 6.92 Å². The van der Waals surface area contributed by atoms with Gasteiger partial charge in [-0.25, -0.2) is 0 Å². The van der Waals surface area contributed by atoms with Crippen LogP contribution in [0.15, 0.2) is 40.9 Å². The highest BCUT2D eigenvalue weighted by atomic mass is 79.9. The van der Waals surface area contributed by atoms with Crippen molar-refractivity contribution in [1.82, 2.24) is 5.32 Å². The molecule has 0 aliphatic rings. The largest absolute Gasteiger partial charge is 0.493 e. The molecular formula is C20H26BrNO2. The lowest BCUT2D eigenvalue weighted by molar-refractivity contribution is 0.284. The van der Waals surface area contributed by atoms with Crippen LogP contribution >= 0.6 is 15.9 Å². The van der Waals surface area contributed by atoms with Gasteiger partial charge < -0.3 is 14.8 Å². The second-order valence-electron chi connectivity index (χ2n) is 5.90. The van der Waals surface area contributed by atoms with E-state index >= 15 is 0 Å². The molecule has 0 atom stereocenters. The highest BCUT2D eigenvalue weighted by Gasteiger charge is 2.10. The van der Waals surface area contributed by atoms with E-state index in [0.29, 0.717) is 6.61 Å². The lowest BCUT2D eigenvalue weighted by Gasteiger charge is -2.14. The number of ether oxygens (including phenoxy) is 2. The molecule has 0 bridgehead atoms. The molecule has 0 saturated heterocycles. The Balaban J connectivity index is 2.05. The third kappa shape index (κ3) is 5.53. The minimum Gasteiger partial charge on any atom is -0.493 e. The second kappa shape index (κ2) is 9.70. The van der Waals surface area contributed by atoms with Crippen LogP contribution in [0.5, 0.6) is 11.5 Å². The number of hydrogen-bond acceptors (Lipinski definition) is 3. The Morgan fingerprint density at radius 2 is 1.96 bits per heavy atom. The summed E-state index contributed by atoms with van der Waals surface area (Å²) in [6, 6.07) is 12.4. The Hall–Kier alpha value is -1.52. The highest BCUT2D eigenvalue weighted by Crippen LogP contribution is 2.34. The van der Waals surface area contributed by atoms with Crippen LogP contribution in [0.1, 0.15) is 36.5 Å². The fourth-order valence-electron chi connectivity index (χ4n) is 2.47. The van der Waals surface area contributed by atoms with Crippen molar-refractivity contribution >= 4 is 15.9 Å². The van der Waals surface area contributed by atoms with Gasteiger partial charge in [-0.2, -0.15) is 0 Å². The summed E-state index contributed by atoms with van der Waals surface area (Å²) in [5.74, 6) is 1.52. The molecule has 3 nitrogen and oxygen atoms in total. The number of hydrogen-bond donors (Lipinski definition) is 1. The molecule has 1 N–H and O–H groups in total. The molecule has 4 heteroatoms. The molecule has 0 saturated carbocycles. The summed E-state index contributed by atoms with van der Waals surface area (Å²) in [5, 5.41) is 3.45. The Morgan fingerprint density at radius 3 is 2.67 bits per heavy atom. The number of aryl methyl sites for hydroxylation is 1. The number of halogens is 1. The zero-order valence-electron chi connectivity index (χ0n) is 14.7. The maximum absolute atomic E-state index is 5.97. The van der Waals surface area contributed by atoms with Crippen LogP contribution in [-0.4, -0.2) is 13.7 Å². The van der Waals surface area contributed by atoms with Gasteiger partial charge in [-0.15, -0.1) is 0 Å². The molecule has 24 heavy (non-hydrogen) atoms. The number of rotatable bonds is 9. The van der Waals surface area contributed by atoms with Crippen LogP contribution in [0.25, 0.3) is 0 Å². The molecule has 0 unspecified atom stereocenters. The van der Waals surface area contributed by atoms with E-state index in [1.807, 2.05) is 18.2 Å². The van der Waals surface area contributed by atoms with Crippen LogP contribution in [-0.2, 0) is 13.2 Å². The van der Waals surface area contributed by atoms with E-state index in [0.717, 1.165) is 34.6 Å². The molecule has 2 aromatic carbocycles. The maximum atomic E-state index is 5.97. The first-order chi connectivity index (χ1) is 11.6. The van der Waals surface area contributed by atoms with E-state index in [-0.39, 0.29) is 0 Å². The second-order valence-corrected chi connectivity index (χ2v) is 6.76. The molecule has 0 radical (unpaired) electrons. The number of methoxy groups -OCH3 is 1. The summed E-state index contributed by atoms with van der Waals surface area (Å²) in [6.07, 6.45) is 2.38. The summed E-state index contributed by atoms with van der Waals surface area (Å²) in [5.41, 5.74) is 3.56. The first-order valence-electron chi connectivity index (χ1n) is 8.39. The highest BCUT2D eigenvalue weighted by molar-refractivity contribution is 9.10. The van der Waals surface area contributed by atoms with Crippen molar-refractivity contribution in [2.24, 2.45) is 0 Å². The van der Waals surface area contributed by atoms with Crippen molar-refractivity contribution in [3.05, 3.63) is 57.6 Å². The van der Waals surface area contributed by atoms with Gasteiger partial charge in [0.1, 0.15) is 6.61 Å². The van der Waals surface area contributed by atoms with Crippen molar-refractivity contribution in [3.8, 4) is 11.5 Å². The number of nitrogens with one attached hydrogen (secondary N) is 1. The fraction of sp³-hybridized carbons (Fsp3) is 0.400. The van der Waals surface area contributed by atoms with E-state index in [9.17, 15) is 0 Å². The minimum atomic E-state index is 0.526. The van der Waals surface area contributed by atoms with Gasteiger partial charge in [-0.05, 0) is 43.1 Å². The average Bonchev–Trinajstić information content (AvgIpc) is 2.58. The molecule has 0 spiro atoms. The molecule has 0 aromatic heterocycles. The SMILES string of the molecule is CCCCNCc1cc(OC)c(OCc2cccc(C)c2)cc1Br. The zero-order chi connectivity index (χ0) is 17.4. The van der Waals surface area contributed by atoms with E-state index in [4.69, 9.17) is 9.47 Å². The van der Waals surface area contributed by atoms with E-state index < -0.39 is 0 Å².